The van der Waals surface area contributed by atoms with Crippen LogP contribution in [0.3, 0.4) is 0 Å². The molecule has 2 fully saturated rings. The third kappa shape index (κ3) is 4.41. The van der Waals surface area contributed by atoms with E-state index in [1.54, 1.807) is 4.31 Å². The number of nitrogens with one attached hydrogen (secondary N) is 1. The van der Waals surface area contributed by atoms with Gasteiger partial charge in [-0.15, -0.1) is 0 Å². The van der Waals surface area contributed by atoms with Crippen molar-refractivity contribution in [3.05, 3.63) is 0 Å². The Kier molecular flexibility index (Phi) is 5.62. The summed E-state index contributed by atoms with van der Waals surface area (Å²) in [4.78, 5) is 2.25. The molecule has 0 bridgehead atoms. The number of hydrogen-bond donors (Lipinski definition) is 1. The van der Waals surface area contributed by atoms with Crippen molar-refractivity contribution in [3.63, 3.8) is 0 Å². The van der Waals surface area contributed by atoms with Crippen LogP contribution in [0.2, 0.25) is 0 Å². The van der Waals surface area contributed by atoms with Crippen molar-refractivity contribution in [1.82, 2.24) is 14.5 Å². The van der Waals surface area contributed by atoms with Crippen LogP contribution in [0.25, 0.3) is 0 Å². The summed E-state index contributed by atoms with van der Waals surface area (Å²) >= 11 is 0. The minimum Gasteiger partial charge on any atom is -0.314 e. The zero-order valence-electron chi connectivity index (χ0n) is 12.0. The SMILES string of the molecule is CCC1CCCN(S(=O)(=O)CCN2CCNCC2)C1. The predicted molar refractivity (Wildman–Crippen MR) is 77.7 cm³/mol. The van der Waals surface area contributed by atoms with Gasteiger partial charge in [-0.25, -0.2) is 12.7 Å². The van der Waals surface area contributed by atoms with Gasteiger partial charge in [-0.1, -0.05) is 13.3 Å². The van der Waals surface area contributed by atoms with Crippen LogP contribution in [0.4, 0.5) is 0 Å². The summed E-state index contributed by atoms with van der Waals surface area (Å²) in [6.45, 7) is 8.17. The van der Waals surface area contributed by atoms with Gasteiger partial charge in [0.25, 0.3) is 0 Å². The summed E-state index contributed by atoms with van der Waals surface area (Å²) < 4.78 is 26.5. The van der Waals surface area contributed by atoms with Crippen LogP contribution in [0.1, 0.15) is 26.2 Å². The van der Waals surface area contributed by atoms with Crippen LogP contribution >= 0.6 is 0 Å². The second-order valence-corrected chi connectivity index (χ2v) is 7.77. The van der Waals surface area contributed by atoms with E-state index in [0.29, 0.717) is 12.5 Å². The van der Waals surface area contributed by atoms with Gasteiger partial charge in [0.1, 0.15) is 0 Å². The Morgan fingerprint density at radius 3 is 2.63 bits per heavy atom. The second-order valence-electron chi connectivity index (χ2n) is 5.68. The van der Waals surface area contributed by atoms with E-state index >= 15 is 0 Å². The van der Waals surface area contributed by atoms with Crippen LogP contribution < -0.4 is 5.32 Å². The Balaban J connectivity index is 1.83. The van der Waals surface area contributed by atoms with Crippen molar-refractivity contribution in [2.24, 2.45) is 5.92 Å². The molecule has 19 heavy (non-hydrogen) atoms. The highest BCUT2D eigenvalue weighted by molar-refractivity contribution is 7.89. The molecule has 2 saturated heterocycles. The fourth-order valence-corrected chi connectivity index (χ4v) is 4.51. The molecule has 0 aromatic heterocycles. The number of piperazine rings is 1. The molecule has 0 radical (unpaired) electrons. The van der Waals surface area contributed by atoms with Crippen molar-refractivity contribution in [1.29, 1.82) is 0 Å². The van der Waals surface area contributed by atoms with Gasteiger partial charge >= 0.3 is 0 Å². The largest absolute Gasteiger partial charge is 0.314 e. The van der Waals surface area contributed by atoms with Gasteiger partial charge in [-0.2, -0.15) is 0 Å². The van der Waals surface area contributed by atoms with Crippen molar-refractivity contribution < 1.29 is 8.42 Å². The maximum atomic E-state index is 12.4. The quantitative estimate of drug-likeness (QED) is 0.793. The van der Waals surface area contributed by atoms with Crippen molar-refractivity contribution in [3.8, 4) is 0 Å². The van der Waals surface area contributed by atoms with Gasteiger partial charge in [0.2, 0.25) is 10.0 Å². The lowest BCUT2D eigenvalue weighted by Gasteiger charge is -2.33. The molecule has 0 spiro atoms. The first-order chi connectivity index (χ1) is 9.12. The molecule has 5 nitrogen and oxygen atoms in total. The smallest absolute Gasteiger partial charge is 0.215 e. The van der Waals surface area contributed by atoms with Crippen LogP contribution in [-0.4, -0.2) is 69.2 Å². The van der Waals surface area contributed by atoms with Gasteiger partial charge < -0.3 is 5.32 Å². The molecule has 2 rings (SSSR count). The first-order valence-electron chi connectivity index (χ1n) is 7.52. The zero-order chi connectivity index (χ0) is 13.7. The van der Waals surface area contributed by atoms with Gasteiger partial charge in [-0.3, -0.25) is 4.90 Å². The molecule has 2 aliphatic rings. The van der Waals surface area contributed by atoms with E-state index in [-0.39, 0.29) is 5.75 Å². The lowest BCUT2D eigenvalue weighted by Crippen LogP contribution is -2.47. The normalized spacial score (nSPS) is 27.5. The first-order valence-corrected chi connectivity index (χ1v) is 9.13. The molecule has 1 unspecified atom stereocenters. The van der Waals surface area contributed by atoms with E-state index in [1.807, 2.05) is 0 Å². The molecule has 1 N–H and O–H groups in total. The van der Waals surface area contributed by atoms with E-state index in [9.17, 15) is 8.42 Å². The molecule has 6 heteroatoms. The fraction of sp³-hybridized carbons (Fsp3) is 1.00. The Labute approximate surface area is 117 Å². The maximum Gasteiger partial charge on any atom is 0.215 e. The zero-order valence-corrected chi connectivity index (χ0v) is 12.8. The summed E-state index contributed by atoms with van der Waals surface area (Å²) in [7, 11) is -3.05. The predicted octanol–water partition coefficient (Wildman–Crippen LogP) is 0.343. The Morgan fingerprint density at radius 1 is 1.21 bits per heavy atom. The van der Waals surface area contributed by atoms with Gasteiger partial charge in [0, 0.05) is 45.8 Å². The molecule has 0 aromatic carbocycles. The lowest BCUT2D eigenvalue weighted by molar-refractivity contribution is 0.244. The monoisotopic (exact) mass is 289 g/mol. The molecule has 0 aromatic rings. The number of sulfonamides is 1. The summed E-state index contributed by atoms with van der Waals surface area (Å²) in [6.07, 6.45) is 3.29. The molecular formula is C13H27N3O2S. The number of rotatable bonds is 5. The highest BCUT2D eigenvalue weighted by Crippen LogP contribution is 2.21. The molecule has 0 aliphatic carbocycles. The second kappa shape index (κ2) is 7.02. The topological polar surface area (TPSA) is 52.7 Å². The number of piperidine rings is 1. The molecule has 1 atom stereocenters. The Bertz CT molecular complexity index is 366. The highest BCUT2D eigenvalue weighted by atomic mass is 32.2. The van der Waals surface area contributed by atoms with Crippen molar-refractivity contribution in [2.45, 2.75) is 26.2 Å². The summed E-state index contributed by atoms with van der Waals surface area (Å²) in [6, 6.07) is 0. The highest BCUT2D eigenvalue weighted by Gasteiger charge is 2.28. The van der Waals surface area contributed by atoms with Crippen LogP contribution in [-0.2, 0) is 10.0 Å². The van der Waals surface area contributed by atoms with Crippen LogP contribution in [0.15, 0.2) is 0 Å². The fourth-order valence-electron chi connectivity index (χ4n) is 2.92. The van der Waals surface area contributed by atoms with E-state index in [1.165, 1.54) is 6.42 Å². The molecule has 0 saturated carbocycles. The minimum absolute atomic E-state index is 0.281. The summed E-state index contributed by atoms with van der Waals surface area (Å²) in [5.41, 5.74) is 0. The third-order valence-electron chi connectivity index (χ3n) is 4.33. The van der Waals surface area contributed by atoms with E-state index < -0.39 is 10.0 Å². The number of hydrogen-bond acceptors (Lipinski definition) is 4. The third-order valence-corrected chi connectivity index (χ3v) is 6.14. The van der Waals surface area contributed by atoms with Gasteiger partial charge in [-0.05, 0) is 18.8 Å². The first kappa shape index (κ1) is 15.2. The lowest BCUT2D eigenvalue weighted by atomic mass is 9.97. The molecule has 2 heterocycles. The molecule has 112 valence electrons. The molecule has 2 aliphatic heterocycles. The maximum absolute atomic E-state index is 12.4. The van der Waals surface area contributed by atoms with Crippen molar-refractivity contribution >= 4 is 10.0 Å². The average Bonchev–Trinajstić information content (AvgIpc) is 2.46. The Hall–Kier alpha value is -0.170. The minimum atomic E-state index is -3.05. The van der Waals surface area contributed by atoms with Crippen LogP contribution in [0, 0.1) is 5.92 Å². The van der Waals surface area contributed by atoms with Crippen LogP contribution in [0.5, 0.6) is 0 Å². The summed E-state index contributed by atoms with van der Waals surface area (Å²) in [5, 5.41) is 3.29. The molecule has 0 amide bonds. The standard InChI is InChI=1S/C13H27N3O2S/c1-2-13-4-3-7-16(12-13)19(17,18)11-10-15-8-5-14-6-9-15/h13-14H,2-12H2,1H3. The van der Waals surface area contributed by atoms with Crippen molar-refractivity contribution in [2.75, 3.05) is 51.6 Å². The molecular weight excluding hydrogens is 262 g/mol. The summed E-state index contributed by atoms with van der Waals surface area (Å²) in [5.74, 6) is 0.839. The average molecular weight is 289 g/mol. The van der Waals surface area contributed by atoms with Gasteiger partial charge in [0.05, 0.1) is 5.75 Å². The number of nitrogens with zero attached hydrogens (tertiary/aromatic N) is 2. The Morgan fingerprint density at radius 2 is 1.95 bits per heavy atom. The van der Waals surface area contributed by atoms with Gasteiger partial charge in [0.15, 0.2) is 0 Å². The van der Waals surface area contributed by atoms with E-state index in [0.717, 1.165) is 52.1 Å². The van der Waals surface area contributed by atoms with E-state index in [2.05, 4.69) is 17.1 Å². The van der Waals surface area contributed by atoms with E-state index in [4.69, 9.17) is 0 Å².